The minimum absolute atomic E-state index is 0.123. The second kappa shape index (κ2) is 9.62. The molecule has 0 saturated carbocycles. The molecule has 8 nitrogen and oxygen atoms in total. The number of aromatic nitrogens is 3. The molecule has 2 atom stereocenters. The number of rotatable bonds is 5. The first-order valence-corrected chi connectivity index (χ1v) is 11.8. The molecule has 180 valence electrons. The molecule has 1 aliphatic heterocycles. The second-order valence-electron chi connectivity index (χ2n) is 9.84. The second-order valence-corrected chi connectivity index (χ2v) is 10.3. The molecule has 0 radical (unpaired) electrons. The number of ether oxygens (including phenoxy) is 1. The van der Waals surface area contributed by atoms with Crippen molar-refractivity contribution in [2.45, 2.75) is 51.8 Å². The average Bonchev–Trinajstić information content (AvgIpc) is 3.34. The number of likely N-dealkylation sites (tertiary alicyclic amines) is 1. The SMILES string of the molecule is Cn1nnc2cc(CNC(=O)[C@@H]3C[C@H](Cc4cccc(Cl)c4)CN3C(=O)OC(C)(C)C)ccc21. The number of nitrogens with zero attached hydrogens (tertiary/aromatic N) is 4. The summed E-state index contributed by atoms with van der Waals surface area (Å²) in [6, 6.07) is 12.9. The first kappa shape index (κ1) is 24.0. The average molecular weight is 484 g/mol. The van der Waals surface area contributed by atoms with Crippen LogP contribution in [0.25, 0.3) is 11.0 Å². The van der Waals surface area contributed by atoms with Gasteiger partial charge in [-0.05, 0) is 74.9 Å². The van der Waals surface area contributed by atoms with Crippen LogP contribution in [0, 0.1) is 5.92 Å². The van der Waals surface area contributed by atoms with E-state index in [9.17, 15) is 9.59 Å². The molecule has 1 saturated heterocycles. The fourth-order valence-electron chi connectivity index (χ4n) is 4.34. The monoisotopic (exact) mass is 483 g/mol. The van der Waals surface area contributed by atoms with E-state index in [1.165, 1.54) is 0 Å². The zero-order valence-electron chi connectivity index (χ0n) is 19.9. The zero-order valence-corrected chi connectivity index (χ0v) is 20.7. The smallest absolute Gasteiger partial charge is 0.410 e. The normalized spacial score (nSPS) is 18.3. The molecule has 1 aliphatic rings. The molecule has 1 aromatic heterocycles. The number of hydrogen-bond donors (Lipinski definition) is 1. The predicted molar refractivity (Wildman–Crippen MR) is 130 cm³/mol. The Balaban J connectivity index is 1.46. The van der Waals surface area contributed by atoms with Gasteiger partial charge < -0.3 is 10.1 Å². The van der Waals surface area contributed by atoms with E-state index in [2.05, 4.69) is 15.6 Å². The predicted octanol–water partition coefficient (Wildman–Crippen LogP) is 4.11. The van der Waals surface area contributed by atoms with Crippen molar-refractivity contribution < 1.29 is 14.3 Å². The number of benzene rings is 2. The zero-order chi connectivity index (χ0) is 24.5. The molecule has 34 heavy (non-hydrogen) atoms. The summed E-state index contributed by atoms with van der Waals surface area (Å²) < 4.78 is 7.30. The fraction of sp³-hybridized carbons (Fsp3) is 0.440. The number of hydrogen-bond acceptors (Lipinski definition) is 5. The number of aryl methyl sites for hydroxylation is 1. The number of carbonyl (C=O) groups is 2. The van der Waals surface area contributed by atoms with Gasteiger partial charge in [-0.2, -0.15) is 0 Å². The molecule has 3 aromatic rings. The lowest BCUT2D eigenvalue weighted by molar-refractivity contribution is -0.125. The summed E-state index contributed by atoms with van der Waals surface area (Å²) in [5, 5.41) is 11.8. The molecule has 2 heterocycles. The summed E-state index contributed by atoms with van der Waals surface area (Å²) >= 11 is 6.14. The van der Waals surface area contributed by atoms with Crippen LogP contribution < -0.4 is 5.32 Å². The van der Waals surface area contributed by atoms with Gasteiger partial charge in [0.05, 0.1) is 5.52 Å². The molecule has 1 N–H and O–H groups in total. The molecule has 2 aromatic carbocycles. The van der Waals surface area contributed by atoms with Crippen molar-refractivity contribution in [3.05, 3.63) is 58.6 Å². The molecule has 0 unspecified atom stereocenters. The Kier molecular flexibility index (Phi) is 6.79. The van der Waals surface area contributed by atoms with Gasteiger partial charge in [-0.25, -0.2) is 9.48 Å². The van der Waals surface area contributed by atoms with Gasteiger partial charge in [0.25, 0.3) is 0 Å². The minimum Gasteiger partial charge on any atom is -0.444 e. The number of amides is 2. The maximum Gasteiger partial charge on any atom is 0.410 e. The molecule has 4 rings (SSSR count). The van der Waals surface area contributed by atoms with Crippen LogP contribution in [0.4, 0.5) is 4.79 Å². The molecule has 9 heteroatoms. The summed E-state index contributed by atoms with van der Waals surface area (Å²) in [6.07, 6.45) is 0.815. The van der Waals surface area contributed by atoms with Gasteiger partial charge in [0.1, 0.15) is 17.2 Å². The van der Waals surface area contributed by atoms with Crippen LogP contribution in [0.2, 0.25) is 5.02 Å². The molecule has 0 aliphatic carbocycles. The molecular formula is C25H30ClN5O3. The van der Waals surface area contributed by atoms with Crippen molar-refractivity contribution in [2.24, 2.45) is 13.0 Å². The fourth-order valence-corrected chi connectivity index (χ4v) is 4.56. The number of halogens is 1. The van der Waals surface area contributed by atoms with Gasteiger partial charge in [-0.15, -0.1) is 5.10 Å². The summed E-state index contributed by atoms with van der Waals surface area (Å²) in [6.45, 7) is 6.25. The van der Waals surface area contributed by atoms with E-state index in [4.69, 9.17) is 16.3 Å². The third-order valence-corrected chi connectivity index (χ3v) is 6.11. The van der Waals surface area contributed by atoms with Crippen LogP contribution in [0.3, 0.4) is 0 Å². The van der Waals surface area contributed by atoms with Crippen LogP contribution in [0.5, 0.6) is 0 Å². The van der Waals surface area contributed by atoms with Crippen molar-refractivity contribution in [3.63, 3.8) is 0 Å². The Morgan fingerprint density at radius 2 is 1.97 bits per heavy atom. The van der Waals surface area contributed by atoms with Crippen molar-refractivity contribution >= 4 is 34.6 Å². The van der Waals surface area contributed by atoms with Gasteiger partial charge in [0, 0.05) is 25.2 Å². The topological polar surface area (TPSA) is 89.4 Å². The highest BCUT2D eigenvalue weighted by atomic mass is 35.5. The summed E-state index contributed by atoms with van der Waals surface area (Å²) in [7, 11) is 1.84. The highest BCUT2D eigenvalue weighted by Gasteiger charge is 2.41. The number of carbonyl (C=O) groups excluding carboxylic acids is 2. The van der Waals surface area contributed by atoms with Gasteiger partial charge in [-0.3, -0.25) is 9.69 Å². The Morgan fingerprint density at radius 3 is 2.71 bits per heavy atom. The van der Waals surface area contributed by atoms with E-state index in [0.29, 0.717) is 24.5 Å². The van der Waals surface area contributed by atoms with E-state index in [1.54, 1.807) is 9.58 Å². The van der Waals surface area contributed by atoms with Crippen LogP contribution in [-0.2, 0) is 29.5 Å². The Labute approximate surface area is 204 Å². The lowest BCUT2D eigenvalue weighted by atomic mass is 9.96. The van der Waals surface area contributed by atoms with Gasteiger partial charge in [0.15, 0.2) is 0 Å². The lowest BCUT2D eigenvalue weighted by Gasteiger charge is -2.28. The van der Waals surface area contributed by atoms with Gasteiger partial charge in [0.2, 0.25) is 5.91 Å². The first-order valence-electron chi connectivity index (χ1n) is 11.4. The van der Waals surface area contributed by atoms with E-state index in [0.717, 1.165) is 28.6 Å². The van der Waals surface area contributed by atoms with Crippen molar-refractivity contribution in [3.8, 4) is 0 Å². The highest BCUT2D eigenvalue weighted by Crippen LogP contribution is 2.29. The van der Waals surface area contributed by atoms with Crippen LogP contribution in [0.15, 0.2) is 42.5 Å². The molecule has 1 fully saturated rings. The van der Waals surface area contributed by atoms with E-state index < -0.39 is 17.7 Å². The molecule has 2 amide bonds. The van der Waals surface area contributed by atoms with Crippen LogP contribution in [0.1, 0.15) is 38.3 Å². The van der Waals surface area contributed by atoms with E-state index in [1.807, 2.05) is 70.3 Å². The Hall–Kier alpha value is -3.13. The van der Waals surface area contributed by atoms with Crippen molar-refractivity contribution in [2.75, 3.05) is 6.54 Å². The Bertz CT molecular complexity index is 1200. The van der Waals surface area contributed by atoms with Crippen molar-refractivity contribution in [1.82, 2.24) is 25.2 Å². The maximum atomic E-state index is 13.2. The quantitative estimate of drug-likeness (QED) is 0.590. The van der Waals surface area contributed by atoms with Crippen molar-refractivity contribution in [1.29, 1.82) is 0 Å². The number of fused-ring (bicyclic) bond motifs is 1. The standard InChI is InChI=1S/C25H30ClN5O3/c1-25(2,3)34-24(33)31-15-18(10-16-6-5-7-19(26)11-16)13-22(31)23(32)27-14-17-8-9-21-20(12-17)28-29-30(21)4/h5-9,11-12,18,22H,10,13-15H2,1-4H3,(H,27,32)/t18-,22-/m0/s1. The summed E-state index contributed by atoms with van der Waals surface area (Å²) in [4.78, 5) is 27.7. The maximum absolute atomic E-state index is 13.2. The first-order chi connectivity index (χ1) is 16.1. The summed E-state index contributed by atoms with van der Waals surface area (Å²) in [5.74, 6) is -0.0728. The Morgan fingerprint density at radius 1 is 1.18 bits per heavy atom. The van der Waals surface area contributed by atoms with E-state index in [-0.39, 0.29) is 11.8 Å². The largest absolute Gasteiger partial charge is 0.444 e. The van der Waals surface area contributed by atoms with E-state index >= 15 is 0 Å². The number of nitrogens with one attached hydrogen (secondary N) is 1. The molecule has 0 bridgehead atoms. The van der Waals surface area contributed by atoms with Crippen LogP contribution in [-0.4, -0.2) is 50.1 Å². The van der Waals surface area contributed by atoms with Crippen LogP contribution >= 0.6 is 11.6 Å². The lowest BCUT2D eigenvalue weighted by Crippen LogP contribution is -2.47. The summed E-state index contributed by atoms with van der Waals surface area (Å²) in [5.41, 5.74) is 3.05. The third-order valence-electron chi connectivity index (χ3n) is 5.87. The highest BCUT2D eigenvalue weighted by molar-refractivity contribution is 6.30. The third kappa shape index (κ3) is 5.67. The minimum atomic E-state index is -0.644. The molecule has 0 spiro atoms. The molecular weight excluding hydrogens is 454 g/mol. The van der Waals surface area contributed by atoms with Gasteiger partial charge in [-0.1, -0.05) is 35.0 Å². The van der Waals surface area contributed by atoms with Gasteiger partial charge >= 0.3 is 6.09 Å².